The van der Waals surface area contributed by atoms with Crippen molar-refractivity contribution >= 4 is 43.7 Å². The van der Waals surface area contributed by atoms with Crippen LogP contribution in [0.25, 0.3) is 0 Å². The van der Waals surface area contributed by atoms with Crippen molar-refractivity contribution in [1.82, 2.24) is 0 Å². The van der Waals surface area contributed by atoms with Crippen molar-refractivity contribution in [1.29, 1.82) is 0 Å². The Balaban J connectivity index is -0.000000853. The molecule has 1 rings (SSSR count). The molecule has 3 nitrogen and oxygen atoms in total. The SMILES string of the molecule is CC(C)OC(=O)c1ccccc1OC(C)C.[Ca+2].[H-].[H-]. The maximum atomic E-state index is 11.8. The van der Waals surface area contributed by atoms with Crippen LogP contribution in [0.5, 0.6) is 5.75 Å². The van der Waals surface area contributed by atoms with Gasteiger partial charge in [0.1, 0.15) is 11.3 Å². The third-order valence-corrected chi connectivity index (χ3v) is 1.81. The van der Waals surface area contributed by atoms with Crippen LogP contribution in [0.4, 0.5) is 0 Å². The predicted molar refractivity (Wildman–Crippen MR) is 70.7 cm³/mol. The molecule has 0 aromatic heterocycles. The van der Waals surface area contributed by atoms with Crippen LogP contribution in [0.2, 0.25) is 0 Å². The van der Waals surface area contributed by atoms with Crippen molar-refractivity contribution in [3.05, 3.63) is 29.8 Å². The van der Waals surface area contributed by atoms with Crippen molar-refractivity contribution in [2.75, 3.05) is 0 Å². The van der Waals surface area contributed by atoms with Crippen molar-refractivity contribution < 1.29 is 17.1 Å². The van der Waals surface area contributed by atoms with Crippen LogP contribution in [0.3, 0.4) is 0 Å². The van der Waals surface area contributed by atoms with Crippen LogP contribution in [-0.2, 0) is 4.74 Å². The van der Waals surface area contributed by atoms with E-state index in [1.54, 1.807) is 18.2 Å². The molecule has 4 heteroatoms. The van der Waals surface area contributed by atoms with Gasteiger partial charge in [-0.3, -0.25) is 0 Å². The van der Waals surface area contributed by atoms with Crippen molar-refractivity contribution in [2.24, 2.45) is 0 Å². The van der Waals surface area contributed by atoms with Crippen LogP contribution in [0.1, 0.15) is 40.9 Å². The standard InChI is InChI=1S/C13H18O3.Ca.2H/c1-9(2)15-12-8-6-5-7-11(12)13(14)16-10(3)4;;;/h5-10H,1-4H3;;;/q;+2;2*-1. The van der Waals surface area contributed by atoms with E-state index in [-0.39, 0.29) is 58.8 Å². The number of carbonyl (C=O) groups excluding carboxylic acids is 1. The molecule has 0 amide bonds. The number of hydrogen-bond donors (Lipinski definition) is 0. The number of rotatable bonds is 4. The van der Waals surface area contributed by atoms with Gasteiger partial charge in [-0.15, -0.1) is 0 Å². The number of para-hydroxylation sites is 1. The van der Waals surface area contributed by atoms with Gasteiger partial charge in [-0.2, -0.15) is 0 Å². The summed E-state index contributed by atoms with van der Waals surface area (Å²) in [6, 6.07) is 7.12. The molecule has 0 aliphatic heterocycles. The minimum Gasteiger partial charge on any atom is -1.00 e. The molecular formula is C13H20CaO3. The molecule has 0 heterocycles. The molecule has 0 saturated heterocycles. The summed E-state index contributed by atoms with van der Waals surface area (Å²) in [4.78, 5) is 11.8. The summed E-state index contributed by atoms with van der Waals surface area (Å²) < 4.78 is 10.7. The Morgan fingerprint density at radius 3 is 2.24 bits per heavy atom. The Labute approximate surface area is 135 Å². The molecule has 0 atom stereocenters. The molecule has 1 aromatic carbocycles. The Kier molecular flexibility index (Phi) is 7.84. The van der Waals surface area contributed by atoms with E-state index in [2.05, 4.69) is 0 Å². The largest absolute Gasteiger partial charge is 2.00 e. The second kappa shape index (κ2) is 7.96. The monoisotopic (exact) mass is 264 g/mol. The average molecular weight is 264 g/mol. The van der Waals surface area contributed by atoms with Gasteiger partial charge in [-0.1, -0.05) is 12.1 Å². The van der Waals surface area contributed by atoms with Crippen LogP contribution >= 0.6 is 0 Å². The molecule has 1 aromatic rings. The van der Waals surface area contributed by atoms with Crippen molar-refractivity contribution in [3.63, 3.8) is 0 Å². The zero-order chi connectivity index (χ0) is 12.1. The molecule has 0 aliphatic rings. The summed E-state index contributed by atoms with van der Waals surface area (Å²) in [7, 11) is 0. The number of esters is 1. The summed E-state index contributed by atoms with van der Waals surface area (Å²) in [5, 5.41) is 0. The quantitative estimate of drug-likeness (QED) is 0.619. The predicted octanol–water partition coefficient (Wildman–Crippen LogP) is 2.88. The van der Waals surface area contributed by atoms with Gasteiger partial charge in [0.2, 0.25) is 0 Å². The van der Waals surface area contributed by atoms with E-state index in [9.17, 15) is 4.79 Å². The maximum absolute atomic E-state index is 11.8. The normalized spacial score (nSPS) is 10.0. The van der Waals surface area contributed by atoms with E-state index < -0.39 is 0 Å². The Hall–Kier alpha value is -0.250. The first-order valence-electron chi connectivity index (χ1n) is 5.47. The third kappa shape index (κ3) is 5.75. The molecule has 0 N–H and O–H groups in total. The van der Waals surface area contributed by atoms with Gasteiger partial charge in [0.05, 0.1) is 12.2 Å². The second-order valence-electron chi connectivity index (χ2n) is 4.12. The Bertz CT molecular complexity index is 371. The smallest absolute Gasteiger partial charge is 1.00 e. The number of carbonyl (C=O) groups is 1. The zero-order valence-corrected chi connectivity index (χ0v) is 13.1. The summed E-state index contributed by atoms with van der Waals surface area (Å²) in [5.74, 6) is 0.231. The molecule has 0 spiro atoms. The van der Waals surface area contributed by atoms with Crippen LogP contribution in [0, 0.1) is 0 Å². The first-order chi connectivity index (χ1) is 7.50. The second-order valence-corrected chi connectivity index (χ2v) is 4.12. The van der Waals surface area contributed by atoms with Gasteiger partial charge in [0.25, 0.3) is 0 Å². The number of hydrogen-bond acceptors (Lipinski definition) is 3. The molecular weight excluding hydrogens is 244 g/mol. The average Bonchev–Trinajstić information content (AvgIpc) is 2.16. The van der Waals surface area contributed by atoms with E-state index in [4.69, 9.17) is 9.47 Å². The molecule has 17 heavy (non-hydrogen) atoms. The fraction of sp³-hybridized carbons (Fsp3) is 0.462. The van der Waals surface area contributed by atoms with Crippen LogP contribution < -0.4 is 4.74 Å². The van der Waals surface area contributed by atoms with Crippen molar-refractivity contribution in [2.45, 2.75) is 39.9 Å². The van der Waals surface area contributed by atoms with E-state index >= 15 is 0 Å². The van der Waals surface area contributed by atoms with Gasteiger partial charge in [0, 0.05) is 0 Å². The van der Waals surface area contributed by atoms with Crippen molar-refractivity contribution in [3.8, 4) is 5.75 Å². The first kappa shape index (κ1) is 16.7. The maximum Gasteiger partial charge on any atom is 2.00 e. The van der Waals surface area contributed by atoms with Gasteiger partial charge < -0.3 is 12.3 Å². The molecule has 0 radical (unpaired) electrons. The van der Waals surface area contributed by atoms with Crippen LogP contribution in [-0.4, -0.2) is 55.9 Å². The number of ether oxygens (including phenoxy) is 2. The summed E-state index contributed by atoms with van der Waals surface area (Å²) in [6.07, 6.45) is -0.0902. The molecule has 0 aliphatic carbocycles. The van der Waals surface area contributed by atoms with Gasteiger partial charge in [0.15, 0.2) is 0 Å². The summed E-state index contributed by atoms with van der Waals surface area (Å²) in [6.45, 7) is 7.49. The summed E-state index contributed by atoms with van der Waals surface area (Å²) in [5.41, 5.74) is 0.477. The zero-order valence-electron chi connectivity index (χ0n) is 12.9. The Morgan fingerprint density at radius 1 is 1.12 bits per heavy atom. The van der Waals surface area contributed by atoms with E-state index in [1.165, 1.54) is 0 Å². The summed E-state index contributed by atoms with van der Waals surface area (Å²) >= 11 is 0. The topological polar surface area (TPSA) is 35.5 Å². The minimum atomic E-state index is -0.341. The minimum absolute atomic E-state index is 0. The molecule has 0 saturated carbocycles. The Morgan fingerprint density at radius 2 is 1.71 bits per heavy atom. The fourth-order valence-corrected chi connectivity index (χ4v) is 1.27. The molecule has 0 fully saturated rings. The van der Waals surface area contributed by atoms with E-state index in [0.29, 0.717) is 11.3 Å². The van der Waals surface area contributed by atoms with E-state index in [1.807, 2.05) is 33.8 Å². The first-order valence-corrected chi connectivity index (χ1v) is 5.47. The number of benzene rings is 1. The van der Waals surface area contributed by atoms with Gasteiger partial charge in [-0.25, -0.2) is 4.79 Å². The third-order valence-electron chi connectivity index (χ3n) is 1.81. The van der Waals surface area contributed by atoms with Gasteiger partial charge >= 0.3 is 43.7 Å². The van der Waals surface area contributed by atoms with E-state index in [0.717, 1.165) is 0 Å². The fourth-order valence-electron chi connectivity index (χ4n) is 1.27. The van der Waals surface area contributed by atoms with Gasteiger partial charge in [-0.05, 0) is 39.8 Å². The molecule has 0 bridgehead atoms. The molecule has 0 unspecified atom stereocenters. The van der Waals surface area contributed by atoms with Crippen LogP contribution in [0.15, 0.2) is 24.3 Å². The molecule has 92 valence electrons.